The third-order valence-electron chi connectivity index (χ3n) is 3.21. The fraction of sp³-hybridized carbons (Fsp3) is 0.571. The van der Waals surface area contributed by atoms with Crippen LogP contribution in [0.1, 0.15) is 31.2 Å². The Morgan fingerprint density at radius 3 is 2.44 bits per heavy atom. The lowest BCUT2D eigenvalue weighted by Gasteiger charge is -2.08. The molecule has 0 heterocycles. The van der Waals surface area contributed by atoms with E-state index in [-0.39, 0.29) is 11.3 Å². The number of benzene rings is 1. The van der Waals surface area contributed by atoms with Crippen molar-refractivity contribution in [1.29, 1.82) is 0 Å². The van der Waals surface area contributed by atoms with E-state index < -0.39 is 11.6 Å². The second kappa shape index (κ2) is 6.14. The van der Waals surface area contributed by atoms with Crippen LogP contribution >= 0.6 is 0 Å². The van der Waals surface area contributed by atoms with Gasteiger partial charge in [0.15, 0.2) is 0 Å². The maximum atomic E-state index is 13.6. The Kier molecular flexibility index (Phi) is 4.53. The highest BCUT2D eigenvalue weighted by molar-refractivity contribution is 5.30. The fourth-order valence-electron chi connectivity index (χ4n) is 1.96. The summed E-state index contributed by atoms with van der Waals surface area (Å²) in [5, 5.41) is 3.38. The van der Waals surface area contributed by atoms with Crippen LogP contribution in [-0.2, 0) is 6.42 Å². The minimum absolute atomic E-state index is 0.169. The molecule has 0 spiro atoms. The molecule has 2 rings (SSSR count). The molecule has 0 unspecified atom stereocenters. The summed E-state index contributed by atoms with van der Waals surface area (Å²) >= 11 is 0. The second-order valence-electron chi connectivity index (χ2n) is 4.76. The van der Waals surface area contributed by atoms with Crippen molar-refractivity contribution in [3.63, 3.8) is 0 Å². The van der Waals surface area contributed by atoms with Gasteiger partial charge in [-0.15, -0.1) is 0 Å². The number of hydrogen-bond acceptors (Lipinski definition) is 2. The van der Waals surface area contributed by atoms with Gasteiger partial charge >= 0.3 is 0 Å². The third-order valence-corrected chi connectivity index (χ3v) is 3.21. The van der Waals surface area contributed by atoms with Crippen molar-refractivity contribution in [2.24, 2.45) is 0 Å². The first-order valence-electron chi connectivity index (χ1n) is 6.46. The van der Waals surface area contributed by atoms with E-state index in [1.54, 1.807) is 0 Å². The van der Waals surface area contributed by atoms with Crippen molar-refractivity contribution < 1.29 is 13.5 Å². The zero-order valence-corrected chi connectivity index (χ0v) is 10.6. The van der Waals surface area contributed by atoms with Crippen LogP contribution in [0, 0.1) is 11.6 Å². The summed E-state index contributed by atoms with van der Waals surface area (Å²) in [6.45, 7) is 0.935. The summed E-state index contributed by atoms with van der Waals surface area (Å²) < 4.78 is 32.0. The molecule has 1 saturated carbocycles. The first-order valence-corrected chi connectivity index (χ1v) is 6.46. The number of hydrogen-bond donors (Lipinski definition) is 1. The molecule has 1 aromatic carbocycles. The van der Waals surface area contributed by atoms with Crippen molar-refractivity contribution in [2.75, 3.05) is 13.7 Å². The summed E-state index contributed by atoms with van der Waals surface area (Å²) in [6.07, 6.45) is 4.71. The molecule has 0 bridgehead atoms. The van der Waals surface area contributed by atoms with Gasteiger partial charge in [0.2, 0.25) is 0 Å². The van der Waals surface area contributed by atoms with Crippen LogP contribution in [0.3, 0.4) is 0 Å². The van der Waals surface area contributed by atoms with Gasteiger partial charge in [-0.05, 0) is 38.6 Å². The van der Waals surface area contributed by atoms with Crippen LogP contribution in [0.2, 0.25) is 0 Å². The van der Waals surface area contributed by atoms with E-state index in [2.05, 4.69) is 5.32 Å². The molecule has 1 N–H and O–H groups in total. The molecule has 0 aromatic heterocycles. The molecule has 2 nitrogen and oxygen atoms in total. The third kappa shape index (κ3) is 3.67. The topological polar surface area (TPSA) is 21.3 Å². The highest BCUT2D eigenvalue weighted by Crippen LogP contribution is 2.22. The van der Waals surface area contributed by atoms with Crippen molar-refractivity contribution in [3.8, 4) is 5.75 Å². The zero-order chi connectivity index (χ0) is 13.0. The normalized spacial score (nSPS) is 14.8. The van der Waals surface area contributed by atoms with Crippen molar-refractivity contribution in [3.05, 3.63) is 29.3 Å². The van der Waals surface area contributed by atoms with Gasteiger partial charge < -0.3 is 10.1 Å². The van der Waals surface area contributed by atoms with Gasteiger partial charge in [-0.3, -0.25) is 0 Å². The van der Waals surface area contributed by atoms with Gasteiger partial charge in [0, 0.05) is 23.7 Å². The van der Waals surface area contributed by atoms with E-state index in [9.17, 15) is 8.78 Å². The van der Waals surface area contributed by atoms with Crippen LogP contribution in [0.15, 0.2) is 12.1 Å². The van der Waals surface area contributed by atoms with Gasteiger partial charge in [0.05, 0.1) is 7.11 Å². The molecular weight excluding hydrogens is 236 g/mol. The first-order chi connectivity index (χ1) is 8.70. The Morgan fingerprint density at radius 1 is 1.22 bits per heavy atom. The minimum Gasteiger partial charge on any atom is -0.497 e. The van der Waals surface area contributed by atoms with Crippen LogP contribution in [0.5, 0.6) is 5.75 Å². The van der Waals surface area contributed by atoms with E-state index >= 15 is 0 Å². The molecule has 1 aromatic rings. The number of halogens is 2. The largest absolute Gasteiger partial charge is 0.497 e. The van der Waals surface area contributed by atoms with Gasteiger partial charge in [0.25, 0.3) is 0 Å². The van der Waals surface area contributed by atoms with Gasteiger partial charge in [-0.1, -0.05) is 0 Å². The van der Waals surface area contributed by atoms with Crippen LogP contribution < -0.4 is 10.1 Å². The Morgan fingerprint density at radius 2 is 1.89 bits per heavy atom. The number of ether oxygens (including phenoxy) is 1. The van der Waals surface area contributed by atoms with Gasteiger partial charge in [-0.25, -0.2) is 8.78 Å². The fourth-order valence-corrected chi connectivity index (χ4v) is 1.96. The van der Waals surface area contributed by atoms with E-state index in [4.69, 9.17) is 4.74 Å². The molecule has 1 aliphatic carbocycles. The highest BCUT2D eigenvalue weighted by Gasteiger charge is 2.19. The lowest BCUT2D eigenvalue weighted by atomic mass is 10.1. The summed E-state index contributed by atoms with van der Waals surface area (Å²) in [7, 11) is 1.40. The average Bonchev–Trinajstić information content (AvgIpc) is 3.15. The lowest BCUT2D eigenvalue weighted by molar-refractivity contribution is 0.405. The smallest absolute Gasteiger partial charge is 0.133 e. The molecule has 0 amide bonds. The van der Waals surface area contributed by atoms with E-state index in [1.165, 1.54) is 32.1 Å². The SMILES string of the molecule is COc1cc(F)c(CCCCNC2CC2)c(F)c1. The van der Waals surface area contributed by atoms with E-state index in [0.717, 1.165) is 19.4 Å². The molecule has 4 heteroatoms. The molecule has 0 saturated heterocycles. The molecule has 0 atom stereocenters. The standard InChI is InChI=1S/C14H19F2NO/c1-18-11-8-13(15)12(14(16)9-11)4-2-3-7-17-10-5-6-10/h8-10,17H,2-7H2,1H3. The highest BCUT2D eigenvalue weighted by atomic mass is 19.1. The van der Waals surface area contributed by atoms with Crippen molar-refractivity contribution in [1.82, 2.24) is 5.32 Å². The van der Waals surface area contributed by atoms with Crippen LogP contribution in [0.4, 0.5) is 8.78 Å². The molecule has 1 fully saturated rings. The van der Waals surface area contributed by atoms with E-state index in [0.29, 0.717) is 12.5 Å². The maximum absolute atomic E-state index is 13.6. The number of unbranched alkanes of at least 4 members (excludes halogenated alkanes) is 1. The molecule has 100 valence electrons. The number of rotatable bonds is 7. The van der Waals surface area contributed by atoms with Crippen LogP contribution in [0.25, 0.3) is 0 Å². The molecule has 1 aliphatic rings. The van der Waals surface area contributed by atoms with Gasteiger partial charge in [0.1, 0.15) is 17.4 Å². The predicted molar refractivity (Wildman–Crippen MR) is 66.9 cm³/mol. The summed E-state index contributed by atoms with van der Waals surface area (Å²) in [6, 6.07) is 3.17. The lowest BCUT2D eigenvalue weighted by Crippen LogP contribution is -2.17. The van der Waals surface area contributed by atoms with Crippen molar-refractivity contribution >= 4 is 0 Å². The Balaban J connectivity index is 1.80. The molecule has 18 heavy (non-hydrogen) atoms. The molecule has 0 radical (unpaired) electrons. The predicted octanol–water partition coefficient (Wildman–Crippen LogP) is 3.05. The van der Waals surface area contributed by atoms with Crippen LogP contribution in [-0.4, -0.2) is 19.7 Å². The second-order valence-corrected chi connectivity index (χ2v) is 4.76. The molecule has 0 aliphatic heterocycles. The maximum Gasteiger partial charge on any atom is 0.133 e. The number of nitrogens with one attached hydrogen (secondary N) is 1. The zero-order valence-electron chi connectivity index (χ0n) is 10.6. The monoisotopic (exact) mass is 255 g/mol. The summed E-state index contributed by atoms with van der Waals surface area (Å²) in [5.41, 5.74) is 0.169. The Labute approximate surface area is 106 Å². The Bertz CT molecular complexity index is 382. The molecular formula is C14H19F2NO. The van der Waals surface area contributed by atoms with Crippen molar-refractivity contribution in [2.45, 2.75) is 38.1 Å². The first kappa shape index (κ1) is 13.3. The minimum atomic E-state index is -0.512. The Hall–Kier alpha value is -1.16. The average molecular weight is 255 g/mol. The van der Waals surface area contributed by atoms with E-state index in [1.807, 2.05) is 0 Å². The summed E-state index contributed by atoms with van der Waals surface area (Å²) in [4.78, 5) is 0. The number of methoxy groups -OCH3 is 1. The van der Waals surface area contributed by atoms with Gasteiger partial charge in [-0.2, -0.15) is 0 Å². The summed E-state index contributed by atoms with van der Waals surface area (Å²) in [5.74, 6) is -0.798. The quantitative estimate of drug-likeness (QED) is 0.756.